The van der Waals surface area contributed by atoms with Gasteiger partial charge in [-0.3, -0.25) is 0 Å². The number of rotatable bonds is 4. The van der Waals surface area contributed by atoms with E-state index in [0.29, 0.717) is 0 Å². The van der Waals surface area contributed by atoms with Gasteiger partial charge in [0.15, 0.2) is 0 Å². The Labute approximate surface area is 118 Å². The van der Waals surface area contributed by atoms with Crippen LogP contribution in [0.1, 0.15) is 24.0 Å². The van der Waals surface area contributed by atoms with Crippen LogP contribution in [0.3, 0.4) is 0 Å². The molecule has 4 nitrogen and oxygen atoms in total. The lowest BCUT2D eigenvalue weighted by molar-refractivity contribution is -0.675. The average molecular weight is 271 g/mol. The standard InChI is InChI=1S/C16H19N2O2/c1-18-10-14(9-17-11-18)16(19,12-3-4-12)13-5-7-15(20-2)8-6-13/h5-12,19H,3-4H2,1-2H3/q+1. The normalized spacial score (nSPS) is 17.6. The SMILES string of the molecule is COc1ccc(C(O)(c2cnc[n+](C)c2)C2CC2)cc1. The van der Waals surface area contributed by atoms with Gasteiger partial charge < -0.3 is 9.84 Å². The molecule has 2 aromatic rings. The quantitative estimate of drug-likeness (QED) is 0.858. The van der Waals surface area contributed by atoms with Crippen molar-refractivity contribution < 1.29 is 14.4 Å². The number of aryl methyl sites for hydroxylation is 1. The van der Waals surface area contributed by atoms with Gasteiger partial charge in [-0.1, -0.05) is 17.1 Å². The Balaban J connectivity index is 2.07. The Bertz CT molecular complexity index is 608. The van der Waals surface area contributed by atoms with Crippen LogP contribution >= 0.6 is 0 Å². The summed E-state index contributed by atoms with van der Waals surface area (Å²) >= 11 is 0. The van der Waals surface area contributed by atoms with Crippen molar-refractivity contribution in [3.8, 4) is 5.75 Å². The lowest BCUT2D eigenvalue weighted by atomic mass is 9.83. The first-order valence-corrected chi connectivity index (χ1v) is 6.82. The number of hydrogen-bond acceptors (Lipinski definition) is 3. The van der Waals surface area contributed by atoms with Crippen LogP contribution in [0, 0.1) is 5.92 Å². The van der Waals surface area contributed by atoms with Gasteiger partial charge >= 0.3 is 0 Å². The van der Waals surface area contributed by atoms with Crippen LogP contribution in [0.25, 0.3) is 0 Å². The number of methoxy groups -OCH3 is 1. The van der Waals surface area contributed by atoms with Gasteiger partial charge in [0.25, 0.3) is 6.33 Å². The van der Waals surface area contributed by atoms with E-state index >= 15 is 0 Å². The molecule has 4 heteroatoms. The van der Waals surface area contributed by atoms with Crippen molar-refractivity contribution in [2.45, 2.75) is 18.4 Å². The molecule has 0 spiro atoms. The maximum Gasteiger partial charge on any atom is 0.285 e. The minimum absolute atomic E-state index is 0.264. The number of aromatic nitrogens is 2. The molecule has 20 heavy (non-hydrogen) atoms. The molecule has 1 unspecified atom stereocenters. The summed E-state index contributed by atoms with van der Waals surface area (Å²) in [6, 6.07) is 7.65. The van der Waals surface area contributed by atoms with Crippen molar-refractivity contribution in [3.63, 3.8) is 0 Å². The van der Waals surface area contributed by atoms with E-state index in [0.717, 1.165) is 29.7 Å². The number of nitrogens with zero attached hydrogens (tertiary/aromatic N) is 2. The topological polar surface area (TPSA) is 46.2 Å². The van der Waals surface area contributed by atoms with E-state index in [1.54, 1.807) is 19.6 Å². The predicted molar refractivity (Wildman–Crippen MR) is 74.1 cm³/mol. The van der Waals surface area contributed by atoms with Crippen molar-refractivity contribution in [1.82, 2.24) is 4.98 Å². The first-order chi connectivity index (χ1) is 9.64. The number of hydrogen-bond donors (Lipinski definition) is 1. The highest BCUT2D eigenvalue weighted by atomic mass is 16.5. The molecule has 1 N–H and O–H groups in total. The zero-order valence-electron chi connectivity index (χ0n) is 11.8. The van der Waals surface area contributed by atoms with Gasteiger partial charge in [0.2, 0.25) is 0 Å². The molecule has 1 aliphatic carbocycles. The predicted octanol–water partition coefficient (Wildman–Crippen LogP) is 1.56. The number of ether oxygens (including phenoxy) is 1. The minimum atomic E-state index is -0.960. The van der Waals surface area contributed by atoms with Crippen LogP contribution in [-0.4, -0.2) is 17.2 Å². The summed E-state index contributed by atoms with van der Waals surface area (Å²) in [5.74, 6) is 1.06. The van der Waals surface area contributed by atoms with E-state index in [1.807, 2.05) is 42.1 Å². The Morgan fingerprint density at radius 3 is 2.50 bits per heavy atom. The highest BCUT2D eigenvalue weighted by molar-refractivity contribution is 5.38. The summed E-state index contributed by atoms with van der Waals surface area (Å²) in [6.45, 7) is 0. The largest absolute Gasteiger partial charge is 0.497 e. The second-order valence-corrected chi connectivity index (χ2v) is 5.41. The van der Waals surface area contributed by atoms with Crippen LogP contribution in [0.2, 0.25) is 0 Å². The third kappa shape index (κ3) is 2.16. The van der Waals surface area contributed by atoms with Gasteiger partial charge in [-0.2, -0.15) is 0 Å². The molecule has 0 saturated heterocycles. The summed E-state index contributed by atoms with van der Waals surface area (Å²) in [6.07, 6.45) is 7.51. The Hall–Kier alpha value is -1.94. The van der Waals surface area contributed by atoms with Gasteiger partial charge in [-0.15, -0.1) is 0 Å². The highest BCUT2D eigenvalue weighted by Crippen LogP contribution is 2.49. The average Bonchev–Trinajstić information content (AvgIpc) is 3.31. The second kappa shape index (κ2) is 4.87. The summed E-state index contributed by atoms with van der Waals surface area (Å²) in [5.41, 5.74) is 0.780. The molecule has 3 rings (SSSR count). The van der Waals surface area contributed by atoms with E-state index in [-0.39, 0.29) is 5.92 Å². The molecular formula is C16H19N2O2+. The number of benzene rings is 1. The third-order valence-electron chi connectivity index (χ3n) is 3.94. The van der Waals surface area contributed by atoms with E-state index < -0.39 is 5.60 Å². The van der Waals surface area contributed by atoms with Gasteiger partial charge in [-0.25, -0.2) is 4.57 Å². The molecule has 1 aromatic heterocycles. The van der Waals surface area contributed by atoms with Crippen LogP contribution in [0.4, 0.5) is 0 Å². The van der Waals surface area contributed by atoms with Crippen molar-refractivity contribution in [2.75, 3.05) is 7.11 Å². The molecule has 0 amide bonds. The summed E-state index contributed by atoms with van der Waals surface area (Å²) in [5, 5.41) is 11.3. The molecule has 0 radical (unpaired) electrons. The third-order valence-corrected chi connectivity index (χ3v) is 3.94. The van der Waals surface area contributed by atoms with Crippen LogP contribution in [-0.2, 0) is 12.6 Å². The second-order valence-electron chi connectivity index (χ2n) is 5.41. The molecule has 1 atom stereocenters. The van der Waals surface area contributed by atoms with E-state index in [4.69, 9.17) is 4.74 Å². The fourth-order valence-corrected chi connectivity index (χ4v) is 2.69. The van der Waals surface area contributed by atoms with Crippen LogP contribution in [0.5, 0.6) is 5.75 Å². The lowest BCUT2D eigenvalue weighted by Gasteiger charge is -2.28. The molecule has 0 aliphatic heterocycles. The number of aliphatic hydroxyl groups is 1. The maximum absolute atomic E-state index is 11.3. The Kier molecular flexibility index (Phi) is 3.18. The van der Waals surface area contributed by atoms with E-state index in [9.17, 15) is 5.11 Å². The maximum atomic E-state index is 11.3. The molecule has 1 aromatic carbocycles. The fourth-order valence-electron chi connectivity index (χ4n) is 2.69. The first kappa shape index (κ1) is 13.1. The van der Waals surface area contributed by atoms with E-state index in [2.05, 4.69) is 4.98 Å². The van der Waals surface area contributed by atoms with Crippen molar-refractivity contribution in [3.05, 3.63) is 54.1 Å². The minimum Gasteiger partial charge on any atom is -0.497 e. The zero-order valence-corrected chi connectivity index (χ0v) is 11.8. The Morgan fingerprint density at radius 1 is 1.25 bits per heavy atom. The summed E-state index contributed by atoms with van der Waals surface area (Å²) in [4.78, 5) is 4.20. The molecule has 1 saturated carbocycles. The monoisotopic (exact) mass is 271 g/mol. The van der Waals surface area contributed by atoms with Gasteiger partial charge in [0, 0.05) is 0 Å². The molecule has 1 fully saturated rings. The van der Waals surface area contributed by atoms with Crippen LogP contribution < -0.4 is 9.30 Å². The lowest BCUT2D eigenvalue weighted by Crippen LogP contribution is -2.36. The molecule has 0 bridgehead atoms. The van der Waals surface area contributed by atoms with Crippen molar-refractivity contribution in [1.29, 1.82) is 0 Å². The molecule has 1 heterocycles. The highest BCUT2D eigenvalue weighted by Gasteiger charge is 2.47. The van der Waals surface area contributed by atoms with Gasteiger partial charge in [0.1, 0.15) is 23.7 Å². The van der Waals surface area contributed by atoms with Gasteiger partial charge in [-0.05, 0) is 36.5 Å². The Morgan fingerprint density at radius 2 is 1.95 bits per heavy atom. The van der Waals surface area contributed by atoms with Crippen LogP contribution in [0.15, 0.2) is 43.0 Å². The van der Waals surface area contributed by atoms with Gasteiger partial charge in [0.05, 0.1) is 19.7 Å². The molecule has 1 aliphatic rings. The van der Waals surface area contributed by atoms with Crippen molar-refractivity contribution >= 4 is 0 Å². The first-order valence-electron chi connectivity index (χ1n) is 6.82. The summed E-state index contributed by atoms with van der Waals surface area (Å²) < 4.78 is 7.05. The molecule has 104 valence electrons. The van der Waals surface area contributed by atoms with E-state index in [1.165, 1.54) is 0 Å². The summed E-state index contributed by atoms with van der Waals surface area (Å²) in [7, 11) is 3.56. The fraction of sp³-hybridized carbons (Fsp3) is 0.375. The smallest absolute Gasteiger partial charge is 0.285 e. The molecular weight excluding hydrogens is 252 g/mol. The van der Waals surface area contributed by atoms with Crippen molar-refractivity contribution in [2.24, 2.45) is 13.0 Å². The zero-order chi connectivity index (χ0) is 14.2.